The average molecular weight is 329 g/mol. The molecule has 0 amide bonds. The van der Waals surface area contributed by atoms with E-state index >= 15 is 0 Å². The standard InChI is InChI=1S/C15H22BrFN2/c1-3-8-19(13-6-7-18-10-13)11(2)14-5-4-12(17)9-15(14)16/h4-5,9,11,13,18H,3,6-8,10H2,1-2H3. The Morgan fingerprint density at radius 3 is 2.89 bits per heavy atom. The third kappa shape index (κ3) is 3.56. The van der Waals surface area contributed by atoms with Gasteiger partial charge in [-0.2, -0.15) is 0 Å². The summed E-state index contributed by atoms with van der Waals surface area (Å²) in [5, 5.41) is 3.43. The number of nitrogens with one attached hydrogen (secondary N) is 1. The lowest BCUT2D eigenvalue weighted by Gasteiger charge is -2.34. The smallest absolute Gasteiger partial charge is 0.124 e. The molecule has 1 aromatic carbocycles. The van der Waals surface area contributed by atoms with E-state index < -0.39 is 0 Å². The number of halogens is 2. The summed E-state index contributed by atoms with van der Waals surface area (Å²) in [4.78, 5) is 2.54. The molecule has 2 atom stereocenters. The summed E-state index contributed by atoms with van der Waals surface area (Å²) >= 11 is 3.49. The molecule has 19 heavy (non-hydrogen) atoms. The van der Waals surface area contributed by atoms with Crippen LogP contribution in [-0.4, -0.2) is 30.6 Å². The second kappa shape index (κ2) is 6.82. The second-order valence-corrected chi connectivity index (χ2v) is 6.08. The molecule has 0 aliphatic carbocycles. The van der Waals surface area contributed by atoms with Crippen LogP contribution < -0.4 is 5.32 Å². The fraction of sp³-hybridized carbons (Fsp3) is 0.600. The minimum atomic E-state index is -0.188. The number of nitrogens with zero attached hydrogens (tertiary/aromatic N) is 1. The van der Waals surface area contributed by atoms with Crippen molar-refractivity contribution >= 4 is 15.9 Å². The molecular weight excluding hydrogens is 307 g/mol. The van der Waals surface area contributed by atoms with E-state index in [1.807, 2.05) is 6.07 Å². The molecule has 1 fully saturated rings. The van der Waals surface area contributed by atoms with E-state index in [9.17, 15) is 4.39 Å². The van der Waals surface area contributed by atoms with Crippen LogP contribution in [0.4, 0.5) is 4.39 Å². The summed E-state index contributed by atoms with van der Waals surface area (Å²) in [7, 11) is 0. The molecule has 0 saturated carbocycles. The number of hydrogen-bond acceptors (Lipinski definition) is 2. The van der Waals surface area contributed by atoms with Gasteiger partial charge in [0.15, 0.2) is 0 Å². The highest BCUT2D eigenvalue weighted by Crippen LogP contribution is 2.30. The lowest BCUT2D eigenvalue weighted by molar-refractivity contribution is 0.153. The van der Waals surface area contributed by atoms with Crippen LogP contribution >= 0.6 is 15.9 Å². The van der Waals surface area contributed by atoms with Gasteiger partial charge in [0, 0.05) is 23.1 Å². The van der Waals surface area contributed by atoms with Crippen LogP contribution in [0.2, 0.25) is 0 Å². The molecule has 4 heteroatoms. The Kier molecular flexibility index (Phi) is 5.37. The SMILES string of the molecule is CCCN(C1CCNC1)C(C)c1ccc(F)cc1Br. The minimum absolute atomic E-state index is 0.188. The van der Waals surface area contributed by atoms with E-state index in [2.05, 4.69) is 40.0 Å². The molecule has 1 aliphatic heterocycles. The quantitative estimate of drug-likeness (QED) is 0.886. The molecule has 1 heterocycles. The first-order valence-corrected chi connectivity index (χ1v) is 7.84. The van der Waals surface area contributed by atoms with Gasteiger partial charge >= 0.3 is 0 Å². The van der Waals surface area contributed by atoms with Crippen LogP contribution in [0, 0.1) is 5.82 Å². The van der Waals surface area contributed by atoms with Gasteiger partial charge in [0.1, 0.15) is 5.82 Å². The largest absolute Gasteiger partial charge is 0.315 e. The van der Waals surface area contributed by atoms with Crippen molar-refractivity contribution in [1.29, 1.82) is 0 Å². The van der Waals surface area contributed by atoms with E-state index in [-0.39, 0.29) is 5.82 Å². The van der Waals surface area contributed by atoms with Crippen molar-refractivity contribution in [2.75, 3.05) is 19.6 Å². The highest BCUT2D eigenvalue weighted by Gasteiger charge is 2.27. The Labute approximate surface area is 123 Å². The molecule has 0 radical (unpaired) electrons. The molecule has 0 aromatic heterocycles. The van der Waals surface area contributed by atoms with Crippen LogP contribution in [0.1, 0.15) is 38.3 Å². The Balaban J connectivity index is 2.19. The van der Waals surface area contributed by atoms with Gasteiger partial charge < -0.3 is 5.32 Å². The number of benzene rings is 1. The predicted octanol–water partition coefficient (Wildman–Crippen LogP) is 3.72. The zero-order chi connectivity index (χ0) is 13.8. The average Bonchev–Trinajstić information content (AvgIpc) is 2.89. The fourth-order valence-corrected chi connectivity index (χ4v) is 3.57. The van der Waals surface area contributed by atoms with Crippen LogP contribution in [0.25, 0.3) is 0 Å². The first kappa shape index (κ1) is 14.9. The van der Waals surface area contributed by atoms with E-state index in [1.54, 1.807) is 12.1 Å². The van der Waals surface area contributed by atoms with Crippen LogP contribution in [0.5, 0.6) is 0 Å². The van der Waals surface area contributed by atoms with E-state index in [0.29, 0.717) is 12.1 Å². The maximum atomic E-state index is 13.2. The van der Waals surface area contributed by atoms with Crippen molar-refractivity contribution in [2.24, 2.45) is 0 Å². The third-order valence-corrected chi connectivity index (χ3v) is 4.58. The second-order valence-electron chi connectivity index (χ2n) is 5.23. The van der Waals surface area contributed by atoms with Gasteiger partial charge in [-0.25, -0.2) is 4.39 Å². The maximum Gasteiger partial charge on any atom is 0.124 e. The molecule has 1 saturated heterocycles. The van der Waals surface area contributed by atoms with Gasteiger partial charge in [-0.1, -0.05) is 28.9 Å². The van der Waals surface area contributed by atoms with Crippen LogP contribution in [0.3, 0.4) is 0 Å². The van der Waals surface area contributed by atoms with Gasteiger partial charge in [-0.05, 0) is 50.6 Å². The molecule has 1 aliphatic rings. The van der Waals surface area contributed by atoms with Gasteiger partial charge in [0.25, 0.3) is 0 Å². The van der Waals surface area contributed by atoms with Crippen LogP contribution in [-0.2, 0) is 0 Å². The summed E-state index contributed by atoms with van der Waals surface area (Å²) < 4.78 is 14.1. The summed E-state index contributed by atoms with van der Waals surface area (Å²) in [6.45, 7) is 7.66. The first-order chi connectivity index (χ1) is 9.13. The van der Waals surface area contributed by atoms with E-state index in [0.717, 1.165) is 30.5 Å². The lowest BCUT2D eigenvalue weighted by Crippen LogP contribution is -2.39. The van der Waals surface area contributed by atoms with Crippen molar-refractivity contribution in [3.05, 3.63) is 34.1 Å². The highest BCUT2D eigenvalue weighted by molar-refractivity contribution is 9.10. The van der Waals surface area contributed by atoms with Crippen molar-refractivity contribution < 1.29 is 4.39 Å². The number of rotatable bonds is 5. The van der Waals surface area contributed by atoms with Crippen molar-refractivity contribution in [2.45, 2.75) is 38.8 Å². The maximum absolute atomic E-state index is 13.2. The lowest BCUT2D eigenvalue weighted by atomic mass is 10.0. The molecule has 1 aromatic rings. The summed E-state index contributed by atoms with van der Waals surface area (Å²) in [5.41, 5.74) is 1.17. The van der Waals surface area contributed by atoms with E-state index in [1.165, 1.54) is 12.0 Å². The van der Waals surface area contributed by atoms with Crippen molar-refractivity contribution in [3.8, 4) is 0 Å². The van der Waals surface area contributed by atoms with Crippen LogP contribution in [0.15, 0.2) is 22.7 Å². The minimum Gasteiger partial charge on any atom is -0.315 e. The monoisotopic (exact) mass is 328 g/mol. The van der Waals surface area contributed by atoms with Crippen molar-refractivity contribution in [3.63, 3.8) is 0 Å². The molecule has 1 N–H and O–H groups in total. The molecular formula is C15H22BrFN2. The Hall–Kier alpha value is -0.450. The summed E-state index contributed by atoms with van der Waals surface area (Å²) in [6.07, 6.45) is 2.34. The van der Waals surface area contributed by atoms with Gasteiger partial charge in [0.05, 0.1) is 0 Å². The van der Waals surface area contributed by atoms with Crippen molar-refractivity contribution in [1.82, 2.24) is 10.2 Å². The van der Waals surface area contributed by atoms with Gasteiger partial charge in [-0.15, -0.1) is 0 Å². The van der Waals surface area contributed by atoms with E-state index in [4.69, 9.17) is 0 Å². The molecule has 2 rings (SSSR count). The molecule has 106 valence electrons. The normalized spacial score (nSPS) is 21.0. The third-order valence-electron chi connectivity index (χ3n) is 3.90. The molecule has 0 bridgehead atoms. The molecule has 0 spiro atoms. The zero-order valence-corrected chi connectivity index (χ0v) is 13.2. The van der Waals surface area contributed by atoms with Gasteiger partial charge in [-0.3, -0.25) is 4.90 Å². The Morgan fingerprint density at radius 2 is 2.32 bits per heavy atom. The number of hydrogen-bond donors (Lipinski definition) is 1. The Bertz CT molecular complexity index is 419. The summed E-state index contributed by atoms with van der Waals surface area (Å²) in [5.74, 6) is -0.188. The zero-order valence-electron chi connectivity index (χ0n) is 11.6. The highest BCUT2D eigenvalue weighted by atomic mass is 79.9. The molecule has 2 unspecified atom stereocenters. The topological polar surface area (TPSA) is 15.3 Å². The Morgan fingerprint density at radius 1 is 1.53 bits per heavy atom. The molecule has 2 nitrogen and oxygen atoms in total. The first-order valence-electron chi connectivity index (χ1n) is 7.05. The fourth-order valence-electron chi connectivity index (χ4n) is 2.89. The van der Waals surface area contributed by atoms with Gasteiger partial charge in [0.2, 0.25) is 0 Å². The summed E-state index contributed by atoms with van der Waals surface area (Å²) in [6, 6.07) is 5.90. The predicted molar refractivity (Wildman–Crippen MR) is 80.8 cm³/mol.